The highest BCUT2D eigenvalue weighted by Gasteiger charge is 2.50. The van der Waals surface area contributed by atoms with Crippen LogP contribution in [0.1, 0.15) is 22.9 Å². The summed E-state index contributed by atoms with van der Waals surface area (Å²) >= 11 is 0. The van der Waals surface area contributed by atoms with Gasteiger partial charge in [0.25, 0.3) is 5.56 Å². The number of aromatic amines is 1. The monoisotopic (exact) mass is 690 g/mol. The summed E-state index contributed by atoms with van der Waals surface area (Å²) in [4.78, 5) is 27.5. The molecule has 0 spiro atoms. The second-order valence-electron chi connectivity index (χ2n) is 11.3. The van der Waals surface area contributed by atoms with Crippen LogP contribution in [0.3, 0.4) is 0 Å². The van der Waals surface area contributed by atoms with Crippen LogP contribution in [0.5, 0.6) is 11.5 Å². The third-order valence-corrected chi connectivity index (χ3v) is 8.45. The van der Waals surface area contributed by atoms with Crippen LogP contribution in [0.2, 0.25) is 0 Å². The van der Waals surface area contributed by atoms with E-state index in [9.17, 15) is 9.59 Å². The van der Waals surface area contributed by atoms with Gasteiger partial charge < -0.3 is 33.2 Å². The van der Waals surface area contributed by atoms with Crippen LogP contribution in [0.15, 0.2) is 101 Å². The molecule has 4 aromatic rings. The van der Waals surface area contributed by atoms with Gasteiger partial charge in [-0.1, -0.05) is 72.4 Å². The van der Waals surface area contributed by atoms with E-state index in [1.807, 2.05) is 78.9 Å². The molecule has 2 unspecified atom stereocenters. The number of aromatic nitrogens is 2. The van der Waals surface area contributed by atoms with Crippen molar-refractivity contribution in [2.45, 2.75) is 36.2 Å². The van der Waals surface area contributed by atoms with Crippen molar-refractivity contribution in [3.05, 3.63) is 129 Å². The molecule has 11 heteroatoms. The van der Waals surface area contributed by atoms with Gasteiger partial charge in [-0.25, -0.2) is 4.79 Å². The van der Waals surface area contributed by atoms with Crippen molar-refractivity contribution < 1.29 is 33.2 Å². The molecule has 2 heterocycles. The second kappa shape index (κ2) is 17.4. The van der Waals surface area contributed by atoms with Crippen molar-refractivity contribution >= 4 is 0 Å². The van der Waals surface area contributed by atoms with Gasteiger partial charge in [0.1, 0.15) is 61.3 Å². The summed E-state index contributed by atoms with van der Waals surface area (Å²) in [6.07, 6.45) is 13.1. The van der Waals surface area contributed by atoms with E-state index in [1.54, 1.807) is 14.2 Å². The fourth-order valence-corrected chi connectivity index (χ4v) is 6.16. The molecule has 0 amide bonds. The number of terminal acetylenes is 3. The van der Waals surface area contributed by atoms with Gasteiger partial charge in [-0.15, -0.1) is 19.3 Å². The summed E-state index contributed by atoms with van der Waals surface area (Å²) in [6, 6.07) is 26.0. The Kier molecular flexibility index (Phi) is 12.5. The van der Waals surface area contributed by atoms with Crippen molar-refractivity contribution in [2.24, 2.45) is 0 Å². The minimum atomic E-state index is -1.23. The molecule has 51 heavy (non-hydrogen) atoms. The third-order valence-electron chi connectivity index (χ3n) is 8.45. The molecular formula is C40H38N2O9. The SMILES string of the molecule is C#CCOC1[C@@H](OCC#C)[C@H](OCC#C)C(COC(c2ccccc2)(c2ccc(OC)cc2)c2ccc(OC)cc2)O[C@H]1n1ccc(=O)[nH]c1=O. The fraction of sp³-hybridized carbons (Fsp3) is 0.300. The number of H-pyrrole nitrogens is 1. The van der Waals surface area contributed by atoms with Crippen molar-refractivity contribution in [3.8, 4) is 48.5 Å². The number of ether oxygens (including phenoxy) is 7. The summed E-state index contributed by atoms with van der Waals surface area (Å²) in [5.41, 5.74) is -0.192. The molecule has 0 saturated carbocycles. The van der Waals surface area contributed by atoms with Crippen molar-refractivity contribution in [2.75, 3.05) is 40.6 Å². The fourth-order valence-electron chi connectivity index (χ4n) is 6.16. The summed E-state index contributed by atoms with van der Waals surface area (Å²) in [5, 5.41) is 0. The quantitative estimate of drug-likeness (QED) is 0.148. The van der Waals surface area contributed by atoms with E-state index in [0.29, 0.717) is 11.5 Å². The number of methoxy groups -OCH3 is 2. The minimum absolute atomic E-state index is 0.119. The lowest BCUT2D eigenvalue weighted by Crippen LogP contribution is -2.61. The maximum Gasteiger partial charge on any atom is 0.330 e. The van der Waals surface area contributed by atoms with Crippen LogP contribution < -0.4 is 20.7 Å². The van der Waals surface area contributed by atoms with E-state index in [0.717, 1.165) is 16.7 Å². The van der Waals surface area contributed by atoms with Crippen molar-refractivity contribution in [1.29, 1.82) is 0 Å². The first-order chi connectivity index (χ1) is 24.9. The van der Waals surface area contributed by atoms with Crippen molar-refractivity contribution in [3.63, 3.8) is 0 Å². The highest BCUT2D eigenvalue weighted by molar-refractivity contribution is 5.49. The van der Waals surface area contributed by atoms with Crippen molar-refractivity contribution in [1.82, 2.24) is 9.55 Å². The molecule has 1 fully saturated rings. The van der Waals surface area contributed by atoms with Crippen LogP contribution in [-0.2, 0) is 29.3 Å². The van der Waals surface area contributed by atoms with E-state index in [-0.39, 0.29) is 26.4 Å². The molecular weight excluding hydrogens is 652 g/mol. The van der Waals surface area contributed by atoms with Crippen LogP contribution >= 0.6 is 0 Å². The number of nitrogens with zero attached hydrogens (tertiary/aromatic N) is 1. The molecule has 1 N–H and O–H groups in total. The molecule has 1 aliphatic rings. The van der Waals surface area contributed by atoms with Gasteiger partial charge in [-0.05, 0) is 41.0 Å². The average molecular weight is 691 g/mol. The Balaban J connectivity index is 1.67. The Morgan fingerprint density at radius 2 is 1.22 bits per heavy atom. The molecule has 3 aromatic carbocycles. The Morgan fingerprint density at radius 1 is 0.706 bits per heavy atom. The number of hydrogen-bond acceptors (Lipinski definition) is 9. The molecule has 11 nitrogen and oxygen atoms in total. The zero-order valence-corrected chi connectivity index (χ0v) is 28.2. The third kappa shape index (κ3) is 8.09. The molecule has 5 rings (SSSR count). The summed E-state index contributed by atoms with van der Waals surface area (Å²) in [7, 11) is 3.19. The molecule has 262 valence electrons. The Morgan fingerprint density at radius 3 is 1.73 bits per heavy atom. The normalized spacial score (nSPS) is 20.0. The predicted molar refractivity (Wildman–Crippen MR) is 189 cm³/mol. The Labute approximate surface area is 296 Å². The zero-order chi connectivity index (χ0) is 36.2. The first-order valence-corrected chi connectivity index (χ1v) is 16.0. The maximum atomic E-state index is 13.2. The molecule has 1 aliphatic heterocycles. The maximum absolute atomic E-state index is 13.2. The van der Waals surface area contributed by atoms with E-state index in [2.05, 4.69) is 22.7 Å². The van der Waals surface area contributed by atoms with Gasteiger partial charge in [-0.2, -0.15) is 0 Å². The predicted octanol–water partition coefficient (Wildman–Crippen LogP) is 3.52. The summed E-state index contributed by atoms with van der Waals surface area (Å²) < 4.78 is 44.3. The van der Waals surface area contributed by atoms with Crippen LogP contribution in [0, 0.1) is 37.0 Å². The molecule has 5 atom stereocenters. The zero-order valence-electron chi connectivity index (χ0n) is 28.2. The summed E-state index contributed by atoms with van der Waals surface area (Å²) in [5.74, 6) is 8.73. The van der Waals surface area contributed by atoms with E-state index in [4.69, 9.17) is 52.4 Å². The molecule has 0 radical (unpaired) electrons. The number of nitrogens with one attached hydrogen (secondary N) is 1. The number of hydrogen-bond donors (Lipinski definition) is 1. The highest BCUT2D eigenvalue weighted by Crippen LogP contribution is 2.43. The Hall–Kier alpha value is -5.58. The lowest BCUT2D eigenvalue weighted by molar-refractivity contribution is -0.281. The van der Waals surface area contributed by atoms with Gasteiger partial charge in [0.15, 0.2) is 6.23 Å². The lowest BCUT2D eigenvalue weighted by Gasteiger charge is -2.47. The molecule has 1 saturated heterocycles. The summed E-state index contributed by atoms with van der Waals surface area (Å²) in [6.45, 7) is -0.544. The highest BCUT2D eigenvalue weighted by atomic mass is 16.6. The van der Waals surface area contributed by atoms with Gasteiger partial charge in [0, 0.05) is 12.3 Å². The Bertz CT molecular complexity index is 1920. The topological polar surface area (TPSA) is 119 Å². The van der Waals surface area contributed by atoms with Crippen LogP contribution in [0.4, 0.5) is 0 Å². The minimum Gasteiger partial charge on any atom is -0.497 e. The first-order valence-electron chi connectivity index (χ1n) is 16.0. The van der Waals surface area contributed by atoms with Gasteiger partial charge in [0.2, 0.25) is 0 Å². The number of benzene rings is 3. The number of rotatable bonds is 15. The molecule has 0 bridgehead atoms. The van der Waals surface area contributed by atoms with Gasteiger partial charge >= 0.3 is 5.69 Å². The second-order valence-corrected chi connectivity index (χ2v) is 11.3. The van der Waals surface area contributed by atoms with Gasteiger partial charge in [0.05, 0.1) is 20.8 Å². The first kappa shape index (κ1) is 36.7. The van der Waals surface area contributed by atoms with Crippen LogP contribution in [0.25, 0.3) is 0 Å². The van der Waals surface area contributed by atoms with E-state index in [1.165, 1.54) is 16.8 Å². The largest absolute Gasteiger partial charge is 0.497 e. The van der Waals surface area contributed by atoms with Gasteiger partial charge in [-0.3, -0.25) is 14.3 Å². The lowest BCUT2D eigenvalue weighted by atomic mass is 9.80. The standard InChI is InChI=1S/C40H38N2O9/c1-6-24-47-35-33(51-38(42-23-22-34(43)41-39(42)44)37(49-26-8-3)36(35)48-25-7-2)27-50-40(28-12-10-9-11-13-28,29-14-18-31(45-4)19-15-29)30-16-20-32(46-5)21-17-30/h1-3,9-23,33,35-38H,24-27H2,4-5H3,(H,41,43,44)/t33?,35-,36+,37?,38-/m1/s1. The molecule has 1 aromatic heterocycles. The average Bonchev–Trinajstić information content (AvgIpc) is 3.17. The smallest absolute Gasteiger partial charge is 0.330 e. The van der Waals surface area contributed by atoms with E-state index < -0.39 is 47.5 Å². The van der Waals surface area contributed by atoms with E-state index >= 15 is 0 Å². The van der Waals surface area contributed by atoms with Crippen LogP contribution in [-0.4, -0.2) is 74.6 Å². The molecule has 0 aliphatic carbocycles.